The third-order valence-corrected chi connectivity index (χ3v) is 2.83. The average molecular weight is 184 g/mol. The van der Waals surface area contributed by atoms with Crippen molar-refractivity contribution in [2.75, 3.05) is 39.3 Å². The van der Waals surface area contributed by atoms with Crippen molar-refractivity contribution in [2.45, 2.75) is 19.4 Å². The van der Waals surface area contributed by atoms with Crippen LogP contribution in [0.15, 0.2) is 0 Å². The van der Waals surface area contributed by atoms with Crippen molar-refractivity contribution in [1.29, 1.82) is 0 Å². The van der Waals surface area contributed by atoms with Gasteiger partial charge in [-0.25, -0.2) is 0 Å². The van der Waals surface area contributed by atoms with Crippen molar-refractivity contribution >= 4 is 0 Å². The zero-order chi connectivity index (χ0) is 9.10. The molecule has 0 aromatic rings. The standard InChI is InChI=1S/C10H20N2O/c1-9-6-12(7-9)8-10-5-11-3-2-4-13-10/h9-11H,2-8H2,1H3. The average Bonchev–Trinajstić information content (AvgIpc) is 2.30. The fourth-order valence-corrected chi connectivity index (χ4v) is 2.15. The Morgan fingerprint density at radius 2 is 2.31 bits per heavy atom. The van der Waals surface area contributed by atoms with Gasteiger partial charge < -0.3 is 15.0 Å². The second-order valence-electron chi connectivity index (χ2n) is 4.37. The van der Waals surface area contributed by atoms with Crippen LogP contribution in [0.3, 0.4) is 0 Å². The third kappa shape index (κ3) is 2.66. The molecule has 3 heteroatoms. The molecule has 0 aliphatic carbocycles. The summed E-state index contributed by atoms with van der Waals surface area (Å²) >= 11 is 0. The Bertz CT molecular complexity index is 149. The van der Waals surface area contributed by atoms with Crippen molar-refractivity contribution < 1.29 is 4.74 Å². The largest absolute Gasteiger partial charge is 0.376 e. The summed E-state index contributed by atoms with van der Waals surface area (Å²) in [6, 6.07) is 0. The van der Waals surface area contributed by atoms with E-state index in [9.17, 15) is 0 Å². The summed E-state index contributed by atoms with van der Waals surface area (Å²) in [7, 11) is 0. The fourth-order valence-electron chi connectivity index (χ4n) is 2.15. The van der Waals surface area contributed by atoms with Gasteiger partial charge in [0.25, 0.3) is 0 Å². The first-order valence-electron chi connectivity index (χ1n) is 5.39. The highest BCUT2D eigenvalue weighted by atomic mass is 16.5. The molecule has 2 rings (SSSR count). The van der Waals surface area contributed by atoms with Gasteiger partial charge in [0.05, 0.1) is 6.10 Å². The van der Waals surface area contributed by atoms with Crippen molar-refractivity contribution in [3.05, 3.63) is 0 Å². The smallest absolute Gasteiger partial charge is 0.0826 e. The minimum absolute atomic E-state index is 0.426. The van der Waals surface area contributed by atoms with E-state index in [0.717, 1.165) is 38.6 Å². The van der Waals surface area contributed by atoms with E-state index in [1.165, 1.54) is 13.1 Å². The Morgan fingerprint density at radius 1 is 1.46 bits per heavy atom. The lowest BCUT2D eigenvalue weighted by Crippen LogP contribution is -2.50. The van der Waals surface area contributed by atoms with Crippen LogP contribution in [0.2, 0.25) is 0 Å². The second kappa shape index (κ2) is 4.40. The lowest BCUT2D eigenvalue weighted by atomic mass is 10.0. The molecule has 13 heavy (non-hydrogen) atoms. The van der Waals surface area contributed by atoms with Crippen LogP contribution in [0.1, 0.15) is 13.3 Å². The number of nitrogens with zero attached hydrogens (tertiary/aromatic N) is 1. The molecule has 3 nitrogen and oxygen atoms in total. The molecule has 2 saturated heterocycles. The van der Waals surface area contributed by atoms with E-state index in [1.54, 1.807) is 0 Å². The van der Waals surface area contributed by atoms with Gasteiger partial charge in [-0.15, -0.1) is 0 Å². The van der Waals surface area contributed by atoms with E-state index in [0.29, 0.717) is 6.10 Å². The second-order valence-corrected chi connectivity index (χ2v) is 4.37. The summed E-state index contributed by atoms with van der Waals surface area (Å²) < 4.78 is 5.74. The number of hydrogen-bond acceptors (Lipinski definition) is 3. The molecule has 2 heterocycles. The van der Waals surface area contributed by atoms with Crippen LogP contribution in [-0.4, -0.2) is 50.3 Å². The molecule has 0 spiro atoms. The summed E-state index contributed by atoms with van der Waals surface area (Å²) in [5.41, 5.74) is 0. The van der Waals surface area contributed by atoms with Gasteiger partial charge in [-0.05, 0) is 18.9 Å². The lowest BCUT2D eigenvalue weighted by molar-refractivity contribution is 0.00588. The first-order valence-corrected chi connectivity index (χ1v) is 5.39. The van der Waals surface area contributed by atoms with Gasteiger partial charge in [-0.3, -0.25) is 0 Å². The molecule has 76 valence electrons. The lowest BCUT2D eigenvalue weighted by Gasteiger charge is -2.39. The van der Waals surface area contributed by atoms with Gasteiger partial charge in [0.15, 0.2) is 0 Å². The monoisotopic (exact) mass is 184 g/mol. The van der Waals surface area contributed by atoms with Gasteiger partial charge in [0.1, 0.15) is 0 Å². The van der Waals surface area contributed by atoms with Crippen LogP contribution in [0, 0.1) is 5.92 Å². The zero-order valence-corrected chi connectivity index (χ0v) is 8.46. The summed E-state index contributed by atoms with van der Waals surface area (Å²) in [4.78, 5) is 2.49. The minimum atomic E-state index is 0.426. The van der Waals surface area contributed by atoms with Crippen LogP contribution in [-0.2, 0) is 4.74 Å². The quantitative estimate of drug-likeness (QED) is 0.669. The van der Waals surface area contributed by atoms with E-state index < -0.39 is 0 Å². The van der Waals surface area contributed by atoms with Crippen LogP contribution in [0.5, 0.6) is 0 Å². The molecule has 1 atom stereocenters. The summed E-state index contributed by atoms with van der Waals surface area (Å²) in [5.74, 6) is 0.902. The number of nitrogens with one attached hydrogen (secondary N) is 1. The minimum Gasteiger partial charge on any atom is -0.376 e. The first kappa shape index (κ1) is 9.44. The van der Waals surface area contributed by atoms with Gasteiger partial charge in [-0.1, -0.05) is 6.92 Å². The first-order chi connectivity index (χ1) is 6.34. The molecule has 1 N–H and O–H groups in total. The van der Waals surface area contributed by atoms with Crippen LogP contribution in [0.25, 0.3) is 0 Å². The molecule has 0 aromatic heterocycles. The van der Waals surface area contributed by atoms with Crippen LogP contribution < -0.4 is 5.32 Å². The summed E-state index contributed by atoms with van der Waals surface area (Å²) in [6.07, 6.45) is 1.59. The SMILES string of the molecule is CC1CN(CC2CNCCCO2)C1. The van der Waals surface area contributed by atoms with Crippen molar-refractivity contribution in [2.24, 2.45) is 5.92 Å². The van der Waals surface area contributed by atoms with Gasteiger partial charge in [0, 0.05) is 32.8 Å². The van der Waals surface area contributed by atoms with E-state index in [1.807, 2.05) is 0 Å². The molecule has 2 fully saturated rings. The molecule has 2 aliphatic heterocycles. The molecule has 0 bridgehead atoms. The van der Waals surface area contributed by atoms with E-state index in [-0.39, 0.29) is 0 Å². The molecular formula is C10H20N2O. The third-order valence-electron chi connectivity index (χ3n) is 2.83. The van der Waals surface area contributed by atoms with Crippen LogP contribution in [0.4, 0.5) is 0 Å². The van der Waals surface area contributed by atoms with Gasteiger partial charge in [0.2, 0.25) is 0 Å². The number of ether oxygens (including phenoxy) is 1. The Balaban J connectivity index is 1.67. The van der Waals surface area contributed by atoms with Crippen LogP contribution >= 0.6 is 0 Å². The topological polar surface area (TPSA) is 24.5 Å². The fraction of sp³-hybridized carbons (Fsp3) is 1.00. The normalized spacial score (nSPS) is 32.5. The highest BCUT2D eigenvalue weighted by Crippen LogP contribution is 2.15. The molecular weight excluding hydrogens is 164 g/mol. The predicted octanol–water partition coefficient (Wildman–Crippen LogP) is 0.317. The number of likely N-dealkylation sites (tertiary alicyclic amines) is 1. The molecule has 2 aliphatic rings. The number of hydrogen-bond donors (Lipinski definition) is 1. The number of rotatable bonds is 2. The Hall–Kier alpha value is -0.120. The highest BCUT2D eigenvalue weighted by Gasteiger charge is 2.25. The summed E-state index contributed by atoms with van der Waals surface area (Å²) in [6.45, 7) is 9.04. The maximum absolute atomic E-state index is 5.74. The van der Waals surface area contributed by atoms with E-state index in [2.05, 4.69) is 17.1 Å². The predicted molar refractivity (Wildman–Crippen MR) is 52.8 cm³/mol. The van der Waals surface area contributed by atoms with E-state index in [4.69, 9.17) is 4.74 Å². The zero-order valence-electron chi connectivity index (χ0n) is 8.46. The van der Waals surface area contributed by atoms with Crippen molar-refractivity contribution in [1.82, 2.24) is 10.2 Å². The van der Waals surface area contributed by atoms with Gasteiger partial charge >= 0.3 is 0 Å². The molecule has 0 radical (unpaired) electrons. The maximum atomic E-state index is 5.74. The maximum Gasteiger partial charge on any atom is 0.0826 e. The Kier molecular flexibility index (Phi) is 3.19. The Labute approximate surface area is 80.4 Å². The Morgan fingerprint density at radius 3 is 3.08 bits per heavy atom. The molecule has 0 aromatic carbocycles. The highest BCUT2D eigenvalue weighted by molar-refractivity contribution is 4.80. The molecule has 0 saturated carbocycles. The van der Waals surface area contributed by atoms with E-state index >= 15 is 0 Å². The van der Waals surface area contributed by atoms with Crippen molar-refractivity contribution in [3.8, 4) is 0 Å². The van der Waals surface area contributed by atoms with Gasteiger partial charge in [-0.2, -0.15) is 0 Å². The van der Waals surface area contributed by atoms with Crippen molar-refractivity contribution in [3.63, 3.8) is 0 Å². The molecule has 1 unspecified atom stereocenters. The summed E-state index contributed by atoms with van der Waals surface area (Å²) in [5, 5.41) is 3.41. The molecule has 0 amide bonds.